The van der Waals surface area contributed by atoms with Crippen LogP contribution >= 0.6 is 0 Å². The zero-order valence-corrected chi connectivity index (χ0v) is 12.8. The first-order chi connectivity index (χ1) is 9.70. The van der Waals surface area contributed by atoms with E-state index in [0.717, 1.165) is 38.5 Å². The van der Waals surface area contributed by atoms with Crippen molar-refractivity contribution < 1.29 is 24.4 Å². The molecular weight excluding hydrogens is 260 g/mol. The van der Waals surface area contributed by atoms with Gasteiger partial charge in [0.25, 0.3) is 0 Å². The molecule has 0 saturated carbocycles. The van der Waals surface area contributed by atoms with Crippen LogP contribution in [-0.2, 0) is 14.2 Å². The summed E-state index contributed by atoms with van der Waals surface area (Å²) in [6, 6.07) is 0. The van der Waals surface area contributed by atoms with E-state index in [0.29, 0.717) is 19.8 Å². The van der Waals surface area contributed by atoms with E-state index in [-0.39, 0.29) is 6.10 Å². The van der Waals surface area contributed by atoms with Gasteiger partial charge in [-0.05, 0) is 12.8 Å². The summed E-state index contributed by atoms with van der Waals surface area (Å²) >= 11 is 0. The number of aliphatic hydroxyl groups is 2. The molecule has 0 unspecified atom stereocenters. The lowest BCUT2D eigenvalue weighted by Gasteiger charge is -2.20. The average molecular weight is 290 g/mol. The Morgan fingerprint density at radius 1 is 0.950 bits per heavy atom. The van der Waals surface area contributed by atoms with E-state index in [2.05, 4.69) is 13.8 Å². The summed E-state index contributed by atoms with van der Waals surface area (Å²) in [7, 11) is 0. The second-order valence-electron chi connectivity index (χ2n) is 5.38. The first-order valence-corrected chi connectivity index (χ1v) is 7.91. The molecule has 0 radical (unpaired) electrons. The fraction of sp³-hybridized carbons (Fsp3) is 1.00. The fourth-order valence-corrected chi connectivity index (χ4v) is 2.28. The maximum absolute atomic E-state index is 9.87. The molecule has 0 aromatic heterocycles. The SMILES string of the molecule is CCCCCOC[C@H]1O[C@H](O)[C@H](O)[C@@H]1OCCCCC. The van der Waals surface area contributed by atoms with Crippen molar-refractivity contribution >= 4 is 0 Å². The number of ether oxygens (including phenoxy) is 3. The molecule has 5 heteroatoms. The molecule has 0 spiro atoms. The van der Waals surface area contributed by atoms with Gasteiger partial charge in [0.05, 0.1) is 6.61 Å². The first-order valence-electron chi connectivity index (χ1n) is 7.91. The fourth-order valence-electron chi connectivity index (χ4n) is 2.28. The van der Waals surface area contributed by atoms with Crippen LogP contribution in [0.1, 0.15) is 52.4 Å². The summed E-state index contributed by atoms with van der Waals surface area (Å²) in [5.74, 6) is 0. The molecule has 1 rings (SSSR count). The van der Waals surface area contributed by atoms with Gasteiger partial charge in [0.15, 0.2) is 6.29 Å². The highest BCUT2D eigenvalue weighted by molar-refractivity contribution is 4.87. The molecule has 20 heavy (non-hydrogen) atoms. The zero-order valence-electron chi connectivity index (χ0n) is 12.8. The highest BCUT2D eigenvalue weighted by Gasteiger charge is 2.43. The molecule has 5 nitrogen and oxygen atoms in total. The van der Waals surface area contributed by atoms with Crippen LogP contribution in [0, 0.1) is 0 Å². The molecule has 1 saturated heterocycles. The maximum atomic E-state index is 9.87. The van der Waals surface area contributed by atoms with Gasteiger partial charge in [0.2, 0.25) is 0 Å². The van der Waals surface area contributed by atoms with E-state index >= 15 is 0 Å². The van der Waals surface area contributed by atoms with Crippen LogP contribution in [0.3, 0.4) is 0 Å². The molecule has 2 N–H and O–H groups in total. The van der Waals surface area contributed by atoms with Crippen molar-refractivity contribution in [3.05, 3.63) is 0 Å². The third kappa shape index (κ3) is 6.06. The Morgan fingerprint density at radius 3 is 2.25 bits per heavy atom. The standard InChI is InChI=1S/C15H30O5/c1-3-5-7-9-18-11-12-14(13(16)15(17)20-12)19-10-8-6-4-2/h12-17H,3-11H2,1-2H3/t12-,13-,14-,15+/m1/s1. The lowest BCUT2D eigenvalue weighted by atomic mass is 10.1. The van der Waals surface area contributed by atoms with Crippen LogP contribution in [0.25, 0.3) is 0 Å². The number of aliphatic hydroxyl groups excluding tert-OH is 2. The van der Waals surface area contributed by atoms with Crippen molar-refractivity contribution in [2.45, 2.75) is 77.0 Å². The molecule has 0 aliphatic carbocycles. The van der Waals surface area contributed by atoms with Crippen molar-refractivity contribution in [1.82, 2.24) is 0 Å². The highest BCUT2D eigenvalue weighted by Crippen LogP contribution is 2.23. The maximum Gasteiger partial charge on any atom is 0.184 e. The average Bonchev–Trinajstić information content (AvgIpc) is 2.71. The summed E-state index contributed by atoms with van der Waals surface area (Å²) in [5, 5.41) is 19.4. The Balaban J connectivity index is 2.26. The second-order valence-corrected chi connectivity index (χ2v) is 5.38. The van der Waals surface area contributed by atoms with Crippen molar-refractivity contribution in [1.29, 1.82) is 0 Å². The lowest BCUT2D eigenvalue weighted by molar-refractivity contribution is -0.137. The van der Waals surface area contributed by atoms with Crippen LogP contribution in [0.2, 0.25) is 0 Å². The number of rotatable bonds is 11. The van der Waals surface area contributed by atoms with Crippen molar-refractivity contribution in [3.8, 4) is 0 Å². The van der Waals surface area contributed by atoms with Gasteiger partial charge in [-0.25, -0.2) is 0 Å². The largest absolute Gasteiger partial charge is 0.385 e. The van der Waals surface area contributed by atoms with Crippen molar-refractivity contribution in [3.63, 3.8) is 0 Å². The smallest absolute Gasteiger partial charge is 0.184 e. The summed E-state index contributed by atoms with van der Waals surface area (Å²) in [6.45, 7) is 5.90. The molecule has 1 fully saturated rings. The number of hydrogen-bond acceptors (Lipinski definition) is 5. The van der Waals surface area contributed by atoms with Crippen LogP contribution in [-0.4, -0.2) is 54.6 Å². The van der Waals surface area contributed by atoms with Crippen molar-refractivity contribution in [2.24, 2.45) is 0 Å². The molecule has 0 bridgehead atoms. The lowest BCUT2D eigenvalue weighted by Crippen LogP contribution is -2.37. The topological polar surface area (TPSA) is 68.2 Å². The Hall–Kier alpha value is -0.200. The van der Waals surface area contributed by atoms with Crippen LogP contribution in [0.15, 0.2) is 0 Å². The molecule has 1 aliphatic rings. The molecule has 120 valence electrons. The number of unbranched alkanes of at least 4 members (excludes halogenated alkanes) is 4. The van der Waals surface area contributed by atoms with Gasteiger partial charge in [-0.3, -0.25) is 0 Å². The summed E-state index contributed by atoms with van der Waals surface area (Å²) in [5.41, 5.74) is 0. The minimum absolute atomic E-state index is 0.357. The van der Waals surface area contributed by atoms with Gasteiger partial charge in [0.1, 0.15) is 18.3 Å². The van der Waals surface area contributed by atoms with E-state index in [1.807, 2.05) is 0 Å². The van der Waals surface area contributed by atoms with E-state index in [1.165, 1.54) is 0 Å². The van der Waals surface area contributed by atoms with Crippen molar-refractivity contribution in [2.75, 3.05) is 19.8 Å². The Kier molecular flexibility index (Phi) is 9.39. The summed E-state index contributed by atoms with van der Waals surface area (Å²) in [4.78, 5) is 0. The van der Waals surface area contributed by atoms with E-state index in [1.54, 1.807) is 0 Å². The third-order valence-electron chi connectivity index (χ3n) is 3.54. The molecule has 0 aromatic carbocycles. The van der Waals surface area contributed by atoms with E-state index < -0.39 is 18.5 Å². The Bertz CT molecular complexity index is 236. The minimum Gasteiger partial charge on any atom is -0.385 e. The molecule has 0 aromatic rings. The Morgan fingerprint density at radius 2 is 1.60 bits per heavy atom. The predicted molar refractivity (Wildman–Crippen MR) is 76.5 cm³/mol. The van der Waals surface area contributed by atoms with Gasteiger partial charge < -0.3 is 24.4 Å². The third-order valence-corrected chi connectivity index (χ3v) is 3.54. The molecule has 4 atom stereocenters. The quantitative estimate of drug-likeness (QED) is 0.568. The van der Waals surface area contributed by atoms with Gasteiger partial charge in [-0.15, -0.1) is 0 Å². The predicted octanol–water partition coefficient (Wildman–Crippen LogP) is 1.85. The molecule has 0 amide bonds. The molecular formula is C15H30O5. The van der Waals surface area contributed by atoms with Gasteiger partial charge >= 0.3 is 0 Å². The second kappa shape index (κ2) is 10.5. The van der Waals surface area contributed by atoms with Crippen LogP contribution < -0.4 is 0 Å². The summed E-state index contributed by atoms with van der Waals surface area (Å²) < 4.78 is 16.5. The zero-order chi connectivity index (χ0) is 14.8. The van der Waals surface area contributed by atoms with Gasteiger partial charge in [-0.2, -0.15) is 0 Å². The summed E-state index contributed by atoms with van der Waals surface area (Å²) in [6.07, 6.45) is 3.48. The highest BCUT2D eigenvalue weighted by atomic mass is 16.7. The van der Waals surface area contributed by atoms with E-state index in [4.69, 9.17) is 14.2 Å². The monoisotopic (exact) mass is 290 g/mol. The Labute approximate surface area is 122 Å². The van der Waals surface area contributed by atoms with Gasteiger partial charge in [0, 0.05) is 13.2 Å². The first kappa shape index (κ1) is 17.9. The molecule has 1 heterocycles. The molecule has 1 aliphatic heterocycles. The van der Waals surface area contributed by atoms with Crippen LogP contribution in [0.5, 0.6) is 0 Å². The van der Waals surface area contributed by atoms with E-state index in [9.17, 15) is 10.2 Å². The number of hydrogen-bond donors (Lipinski definition) is 2. The van der Waals surface area contributed by atoms with Crippen LogP contribution in [0.4, 0.5) is 0 Å². The van der Waals surface area contributed by atoms with Gasteiger partial charge in [-0.1, -0.05) is 39.5 Å². The minimum atomic E-state index is -1.17. The normalized spacial score (nSPS) is 30.0.